The summed E-state index contributed by atoms with van der Waals surface area (Å²) in [6.07, 6.45) is 1.55. The summed E-state index contributed by atoms with van der Waals surface area (Å²) in [5.74, 6) is 0.111. The van der Waals surface area contributed by atoms with Crippen LogP contribution in [-0.4, -0.2) is 32.9 Å². The van der Waals surface area contributed by atoms with E-state index in [4.69, 9.17) is 0 Å². The number of amides is 1. The van der Waals surface area contributed by atoms with Gasteiger partial charge in [-0.05, 0) is 32.3 Å². The molecule has 114 valence electrons. The van der Waals surface area contributed by atoms with Crippen molar-refractivity contribution in [2.75, 3.05) is 6.54 Å². The smallest absolute Gasteiger partial charge is 0.269 e. The third-order valence-corrected chi connectivity index (χ3v) is 3.34. The zero-order valence-electron chi connectivity index (χ0n) is 13.2. The Labute approximate surface area is 121 Å². The molecule has 0 aliphatic heterocycles. The lowest BCUT2D eigenvalue weighted by atomic mass is 10.0. The number of nitrogens with one attached hydrogen (secondary N) is 1. The van der Waals surface area contributed by atoms with Gasteiger partial charge in [-0.25, -0.2) is 0 Å². The quantitative estimate of drug-likeness (QED) is 0.806. The summed E-state index contributed by atoms with van der Waals surface area (Å²) in [7, 11) is 0. The Morgan fingerprint density at radius 1 is 1.50 bits per heavy atom. The van der Waals surface area contributed by atoms with Crippen LogP contribution in [0.2, 0.25) is 0 Å². The molecule has 2 N–H and O–H groups in total. The second kappa shape index (κ2) is 6.88. The number of hydrogen-bond donors (Lipinski definition) is 2. The van der Waals surface area contributed by atoms with E-state index < -0.39 is 5.60 Å². The molecule has 1 amide bonds. The lowest BCUT2D eigenvalue weighted by Gasteiger charge is -2.22. The second-order valence-corrected chi connectivity index (χ2v) is 5.85. The maximum atomic E-state index is 12.2. The van der Waals surface area contributed by atoms with Crippen LogP contribution >= 0.6 is 0 Å². The SMILES string of the molecule is CCCC(C)(O)CNC(=O)c1cc(C(C)C)nn1CC. The van der Waals surface area contributed by atoms with Gasteiger partial charge in [-0.15, -0.1) is 0 Å². The summed E-state index contributed by atoms with van der Waals surface area (Å²) >= 11 is 0. The molecule has 1 heterocycles. The number of aromatic nitrogens is 2. The molecule has 0 saturated carbocycles. The Bertz CT molecular complexity index is 450. The summed E-state index contributed by atoms with van der Waals surface area (Å²) in [4.78, 5) is 12.2. The minimum atomic E-state index is -0.859. The summed E-state index contributed by atoms with van der Waals surface area (Å²) in [5, 5.41) is 17.3. The monoisotopic (exact) mass is 281 g/mol. The van der Waals surface area contributed by atoms with Gasteiger partial charge in [0.2, 0.25) is 0 Å². The molecule has 1 unspecified atom stereocenters. The van der Waals surface area contributed by atoms with E-state index in [9.17, 15) is 9.90 Å². The predicted octanol–water partition coefficient (Wildman–Crippen LogP) is 2.31. The minimum absolute atomic E-state index is 0.178. The van der Waals surface area contributed by atoms with Crippen LogP contribution in [0.1, 0.15) is 69.6 Å². The Morgan fingerprint density at radius 2 is 2.15 bits per heavy atom. The van der Waals surface area contributed by atoms with E-state index in [0.29, 0.717) is 18.7 Å². The van der Waals surface area contributed by atoms with Crippen LogP contribution in [0.4, 0.5) is 0 Å². The summed E-state index contributed by atoms with van der Waals surface area (Å²) in [5.41, 5.74) is 0.614. The maximum absolute atomic E-state index is 12.2. The standard InChI is InChI=1S/C15H27N3O2/c1-6-8-15(5,20)10-16-14(19)13-9-12(11(3)4)17-18(13)7-2/h9,11,20H,6-8,10H2,1-5H3,(H,16,19). The Hall–Kier alpha value is -1.36. The first-order valence-corrected chi connectivity index (χ1v) is 7.39. The van der Waals surface area contributed by atoms with E-state index in [-0.39, 0.29) is 18.4 Å². The van der Waals surface area contributed by atoms with Gasteiger partial charge in [0.15, 0.2) is 0 Å². The van der Waals surface area contributed by atoms with Crippen LogP contribution in [0, 0.1) is 0 Å². The first kappa shape index (κ1) is 16.7. The number of hydrogen-bond acceptors (Lipinski definition) is 3. The lowest BCUT2D eigenvalue weighted by molar-refractivity contribution is 0.0467. The first-order valence-electron chi connectivity index (χ1n) is 7.39. The fourth-order valence-corrected chi connectivity index (χ4v) is 2.13. The molecular formula is C15H27N3O2. The Balaban J connectivity index is 2.77. The van der Waals surface area contributed by atoms with E-state index >= 15 is 0 Å². The third kappa shape index (κ3) is 4.34. The zero-order chi connectivity index (χ0) is 15.3. The largest absolute Gasteiger partial charge is 0.388 e. The molecule has 0 bridgehead atoms. The molecule has 0 fully saturated rings. The van der Waals surface area contributed by atoms with Crippen molar-refractivity contribution in [2.24, 2.45) is 0 Å². The third-order valence-electron chi connectivity index (χ3n) is 3.34. The number of carbonyl (C=O) groups excluding carboxylic acids is 1. The average Bonchev–Trinajstić information content (AvgIpc) is 2.80. The highest BCUT2D eigenvalue weighted by Crippen LogP contribution is 2.15. The number of aliphatic hydroxyl groups is 1. The van der Waals surface area contributed by atoms with E-state index in [1.807, 2.05) is 19.9 Å². The zero-order valence-corrected chi connectivity index (χ0v) is 13.2. The van der Waals surface area contributed by atoms with Crippen molar-refractivity contribution in [1.29, 1.82) is 0 Å². The average molecular weight is 281 g/mol. The molecular weight excluding hydrogens is 254 g/mol. The maximum Gasteiger partial charge on any atom is 0.269 e. The van der Waals surface area contributed by atoms with Crippen molar-refractivity contribution in [3.8, 4) is 0 Å². The van der Waals surface area contributed by atoms with E-state index in [1.165, 1.54) is 0 Å². The molecule has 1 atom stereocenters. The molecule has 0 aliphatic rings. The topological polar surface area (TPSA) is 67.2 Å². The van der Waals surface area contributed by atoms with Crippen LogP contribution in [0.3, 0.4) is 0 Å². The summed E-state index contributed by atoms with van der Waals surface area (Å²) in [6, 6.07) is 1.83. The van der Waals surface area contributed by atoms with Crippen LogP contribution in [0.5, 0.6) is 0 Å². The first-order chi connectivity index (χ1) is 9.30. The highest BCUT2D eigenvalue weighted by molar-refractivity contribution is 5.92. The van der Waals surface area contributed by atoms with Crippen LogP contribution in [0.25, 0.3) is 0 Å². The van der Waals surface area contributed by atoms with Crippen molar-refractivity contribution in [2.45, 2.75) is 65.5 Å². The predicted molar refractivity (Wildman–Crippen MR) is 79.9 cm³/mol. The molecule has 1 rings (SSSR count). The van der Waals surface area contributed by atoms with Gasteiger partial charge in [0.1, 0.15) is 5.69 Å². The normalized spacial score (nSPS) is 14.3. The number of carbonyl (C=O) groups is 1. The minimum Gasteiger partial charge on any atom is -0.388 e. The highest BCUT2D eigenvalue weighted by Gasteiger charge is 2.22. The number of nitrogens with zero attached hydrogens (tertiary/aromatic N) is 2. The fraction of sp³-hybridized carbons (Fsp3) is 0.733. The van der Waals surface area contributed by atoms with Crippen molar-refractivity contribution in [3.63, 3.8) is 0 Å². The van der Waals surface area contributed by atoms with Crippen LogP contribution in [0.15, 0.2) is 6.07 Å². The van der Waals surface area contributed by atoms with Gasteiger partial charge >= 0.3 is 0 Å². The highest BCUT2D eigenvalue weighted by atomic mass is 16.3. The van der Waals surface area contributed by atoms with E-state index in [0.717, 1.165) is 12.1 Å². The van der Waals surface area contributed by atoms with Gasteiger partial charge in [0.25, 0.3) is 5.91 Å². The molecule has 0 spiro atoms. The fourth-order valence-electron chi connectivity index (χ4n) is 2.13. The van der Waals surface area contributed by atoms with Crippen molar-refractivity contribution >= 4 is 5.91 Å². The lowest BCUT2D eigenvalue weighted by Crippen LogP contribution is -2.41. The van der Waals surface area contributed by atoms with Gasteiger partial charge in [0.05, 0.1) is 11.3 Å². The van der Waals surface area contributed by atoms with Crippen LogP contribution in [-0.2, 0) is 6.54 Å². The molecule has 5 heteroatoms. The van der Waals surface area contributed by atoms with Crippen molar-refractivity contribution in [3.05, 3.63) is 17.5 Å². The molecule has 0 saturated heterocycles. The number of rotatable bonds is 7. The van der Waals surface area contributed by atoms with Crippen LogP contribution < -0.4 is 5.32 Å². The molecule has 0 aromatic carbocycles. The van der Waals surface area contributed by atoms with E-state index in [1.54, 1.807) is 11.6 Å². The summed E-state index contributed by atoms with van der Waals surface area (Å²) in [6.45, 7) is 10.7. The van der Waals surface area contributed by atoms with Crippen molar-refractivity contribution in [1.82, 2.24) is 15.1 Å². The molecule has 20 heavy (non-hydrogen) atoms. The molecule has 0 aliphatic carbocycles. The molecule has 1 aromatic rings. The van der Waals surface area contributed by atoms with Gasteiger partial charge in [0, 0.05) is 13.1 Å². The van der Waals surface area contributed by atoms with Gasteiger partial charge in [-0.3, -0.25) is 9.48 Å². The molecule has 5 nitrogen and oxygen atoms in total. The Morgan fingerprint density at radius 3 is 2.65 bits per heavy atom. The van der Waals surface area contributed by atoms with Gasteiger partial charge in [-0.2, -0.15) is 5.10 Å². The molecule has 1 aromatic heterocycles. The molecule has 0 radical (unpaired) electrons. The van der Waals surface area contributed by atoms with Crippen molar-refractivity contribution < 1.29 is 9.90 Å². The number of aryl methyl sites for hydroxylation is 1. The second-order valence-electron chi connectivity index (χ2n) is 5.85. The van der Waals surface area contributed by atoms with E-state index in [2.05, 4.69) is 24.3 Å². The van der Waals surface area contributed by atoms with Gasteiger partial charge < -0.3 is 10.4 Å². The Kier molecular flexibility index (Phi) is 5.74. The summed E-state index contributed by atoms with van der Waals surface area (Å²) < 4.78 is 1.71. The van der Waals surface area contributed by atoms with Gasteiger partial charge in [-0.1, -0.05) is 27.2 Å².